The highest BCUT2D eigenvalue weighted by molar-refractivity contribution is 6.08. The maximum absolute atomic E-state index is 15.2. The van der Waals surface area contributed by atoms with Gasteiger partial charge in [0.1, 0.15) is 18.2 Å². The molecule has 65 heavy (non-hydrogen) atoms. The van der Waals surface area contributed by atoms with Crippen LogP contribution in [0.25, 0.3) is 11.1 Å². The van der Waals surface area contributed by atoms with E-state index >= 15 is 4.39 Å². The SMILES string of the molecule is CC(C)(C)[C@H](c1cc(-c2cc(F)ccc2F)cn1Cc1ccccc1)N(CC[C@H](N)C(=O)NCCC(=O)C(CCC(=O)O)(C(=O)O)N(Cc1ccccc1)Cc1ccccc1)C(=O)CO. The summed E-state index contributed by atoms with van der Waals surface area (Å²) in [5.74, 6) is -6.26. The molecule has 1 unspecified atom stereocenters. The number of benzene rings is 4. The lowest BCUT2D eigenvalue weighted by Crippen LogP contribution is -2.60. The number of carbonyl (C=O) groups is 5. The van der Waals surface area contributed by atoms with Gasteiger partial charge in [-0.3, -0.25) is 24.1 Å². The van der Waals surface area contributed by atoms with Crippen LogP contribution in [0.2, 0.25) is 0 Å². The first-order valence-electron chi connectivity index (χ1n) is 21.4. The van der Waals surface area contributed by atoms with E-state index in [4.69, 9.17) is 5.73 Å². The third kappa shape index (κ3) is 12.8. The Labute approximate surface area is 377 Å². The average Bonchev–Trinajstić information content (AvgIpc) is 3.67. The van der Waals surface area contributed by atoms with Crippen molar-refractivity contribution in [3.8, 4) is 11.1 Å². The number of ketones is 1. The Hall–Kier alpha value is -6.55. The zero-order valence-corrected chi connectivity index (χ0v) is 36.8. The summed E-state index contributed by atoms with van der Waals surface area (Å²) in [6.07, 6.45) is -0.0558. The second-order valence-electron chi connectivity index (χ2n) is 17.2. The monoisotopic (exact) mass is 893 g/mol. The van der Waals surface area contributed by atoms with E-state index in [1.165, 1.54) is 9.80 Å². The number of aliphatic hydroxyl groups is 1. The number of nitrogens with zero attached hydrogens (tertiary/aromatic N) is 3. The molecule has 0 radical (unpaired) electrons. The van der Waals surface area contributed by atoms with Gasteiger partial charge in [0.25, 0.3) is 0 Å². The summed E-state index contributed by atoms with van der Waals surface area (Å²) in [4.78, 5) is 69.6. The zero-order valence-electron chi connectivity index (χ0n) is 36.8. The fourth-order valence-electron chi connectivity index (χ4n) is 8.20. The van der Waals surface area contributed by atoms with Gasteiger partial charge < -0.3 is 35.8 Å². The van der Waals surface area contributed by atoms with E-state index in [2.05, 4.69) is 5.32 Å². The van der Waals surface area contributed by atoms with Crippen molar-refractivity contribution in [1.29, 1.82) is 0 Å². The third-order valence-corrected chi connectivity index (χ3v) is 11.4. The van der Waals surface area contributed by atoms with Crippen molar-refractivity contribution in [3.63, 3.8) is 0 Å². The molecular weight excluding hydrogens is 837 g/mol. The molecular formula is C50H57F2N5O8. The number of carboxylic acids is 2. The molecule has 0 fully saturated rings. The molecule has 1 aromatic heterocycles. The molecule has 15 heteroatoms. The van der Waals surface area contributed by atoms with Crippen molar-refractivity contribution >= 4 is 29.5 Å². The number of hydrogen-bond acceptors (Lipinski definition) is 8. The predicted octanol–water partition coefficient (Wildman–Crippen LogP) is 6.57. The summed E-state index contributed by atoms with van der Waals surface area (Å²) >= 11 is 0. The number of Topliss-reactive ketones (excluding diaryl/α,β-unsaturated/α-hetero) is 1. The van der Waals surface area contributed by atoms with Crippen molar-refractivity contribution in [3.05, 3.63) is 155 Å². The van der Waals surface area contributed by atoms with Crippen molar-refractivity contribution in [1.82, 2.24) is 19.7 Å². The number of amides is 2. The quantitative estimate of drug-likeness (QED) is 0.0448. The van der Waals surface area contributed by atoms with Crippen molar-refractivity contribution in [2.75, 3.05) is 19.7 Å². The summed E-state index contributed by atoms with van der Waals surface area (Å²) in [6, 6.07) is 30.0. The molecule has 13 nitrogen and oxygen atoms in total. The van der Waals surface area contributed by atoms with Crippen LogP contribution < -0.4 is 11.1 Å². The lowest BCUT2D eigenvalue weighted by Gasteiger charge is -2.41. The molecule has 4 aromatic carbocycles. The summed E-state index contributed by atoms with van der Waals surface area (Å²) in [6.45, 7) is 4.64. The summed E-state index contributed by atoms with van der Waals surface area (Å²) in [7, 11) is 0. The minimum Gasteiger partial charge on any atom is -0.481 e. The highest BCUT2D eigenvalue weighted by Gasteiger charge is 2.50. The first kappa shape index (κ1) is 49.5. The molecule has 3 atom stereocenters. The number of aliphatic hydroxyl groups excluding tert-OH is 1. The predicted molar refractivity (Wildman–Crippen MR) is 241 cm³/mol. The van der Waals surface area contributed by atoms with Crippen molar-refractivity contribution in [2.24, 2.45) is 11.1 Å². The minimum atomic E-state index is -2.29. The molecule has 0 aliphatic heterocycles. The van der Waals surface area contributed by atoms with E-state index in [0.29, 0.717) is 28.9 Å². The van der Waals surface area contributed by atoms with E-state index < -0.39 is 90.1 Å². The van der Waals surface area contributed by atoms with Gasteiger partial charge in [-0.05, 0) is 59.2 Å². The van der Waals surface area contributed by atoms with E-state index in [0.717, 1.165) is 23.8 Å². The van der Waals surface area contributed by atoms with Crippen LogP contribution in [0, 0.1) is 17.0 Å². The number of halogens is 2. The second kappa shape index (κ2) is 22.4. The molecule has 0 spiro atoms. The smallest absolute Gasteiger partial charge is 0.331 e. The van der Waals surface area contributed by atoms with Crippen LogP contribution >= 0.6 is 0 Å². The topological polar surface area (TPSA) is 196 Å². The molecule has 344 valence electrons. The number of nitrogens with one attached hydrogen (secondary N) is 1. The van der Waals surface area contributed by atoms with Gasteiger partial charge in [-0.2, -0.15) is 0 Å². The van der Waals surface area contributed by atoms with Crippen molar-refractivity contribution in [2.45, 2.75) is 83.7 Å². The number of rotatable bonds is 23. The largest absolute Gasteiger partial charge is 0.481 e. The minimum absolute atomic E-state index is 0.00321. The maximum Gasteiger partial charge on any atom is 0.331 e. The molecule has 0 aliphatic carbocycles. The molecule has 0 saturated carbocycles. The molecule has 6 N–H and O–H groups in total. The fourth-order valence-corrected chi connectivity index (χ4v) is 8.20. The van der Waals surface area contributed by atoms with Crippen LogP contribution in [0.3, 0.4) is 0 Å². The van der Waals surface area contributed by atoms with E-state index in [1.54, 1.807) is 72.9 Å². The molecule has 0 aliphatic rings. The highest BCUT2D eigenvalue weighted by atomic mass is 19.1. The van der Waals surface area contributed by atoms with Gasteiger partial charge in [-0.15, -0.1) is 0 Å². The Morgan fingerprint density at radius 3 is 1.88 bits per heavy atom. The number of aliphatic carboxylic acids is 2. The normalized spacial score (nSPS) is 13.4. The van der Waals surface area contributed by atoms with Crippen LogP contribution in [0.5, 0.6) is 0 Å². The standard InChI is InChI=1S/C50H57F2N5O8/c1-49(2,3)46(42-27-37(39-28-38(51)19-20-40(39)52)32-55(42)29-34-13-7-4-8-14-34)57(44(60)33-58)26-23-41(53)47(63)54-25-22-43(59)50(48(64)65,24-21-45(61)62)56(30-35-15-9-5-10-16-35)31-36-17-11-6-12-18-36/h4-20,27-28,32,41,46,58H,21-26,29-31,33,53H2,1-3H3,(H,54,63)(H,61,62)(H,64,65)/t41-,46-,50?/m0/s1. The second-order valence-corrected chi connectivity index (χ2v) is 17.2. The number of hydrogen-bond donors (Lipinski definition) is 5. The van der Waals surface area contributed by atoms with Gasteiger partial charge in [0.15, 0.2) is 11.3 Å². The van der Waals surface area contributed by atoms with Gasteiger partial charge in [0.05, 0.1) is 12.1 Å². The summed E-state index contributed by atoms with van der Waals surface area (Å²) in [5.41, 5.74) is 6.61. The molecule has 1 heterocycles. The lowest BCUT2D eigenvalue weighted by atomic mass is 9.82. The number of carboxylic acid groups (broad SMARTS) is 2. The maximum atomic E-state index is 15.2. The van der Waals surface area contributed by atoms with Crippen LogP contribution in [-0.2, 0) is 43.6 Å². The Balaban J connectivity index is 1.37. The van der Waals surface area contributed by atoms with Gasteiger partial charge >= 0.3 is 11.9 Å². The van der Waals surface area contributed by atoms with Crippen LogP contribution in [0.4, 0.5) is 8.78 Å². The van der Waals surface area contributed by atoms with E-state index in [-0.39, 0.29) is 38.2 Å². The first-order chi connectivity index (χ1) is 30.9. The lowest BCUT2D eigenvalue weighted by molar-refractivity contribution is -0.160. The summed E-state index contributed by atoms with van der Waals surface area (Å²) in [5, 5.41) is 33.4. The van der Waals surface area contributed by atoms with E-state index in [1.807, 2.05) is 55.7 Å². The molecule has 5 aromatic rings. The molecule has 5 rings (SSSR count). The zero-order chi connectivity index (χ0) is 47.3. The van der Waals surface area contributed by atoms with Crippen LogP contribution in [0.15, 0.2) is 121 Å². The molecule has 2 amide bonds. The Kier molecular flexibility index (Phi) is 17.0. The van der Waals surface area contributed by atoms with Crippen LogP contribution in [0.1, 0.15) is 74.9 Å². The fraction of sp³-hybridized carbons (Fsp3) is 0.340. The van der Waals surface area contributed by atoms with Gasteiger partial charge in [0, 0.05) is 68.6 Å². The molecule has 0 saturated heterocycles. The first-order valence-corrected chi connectivity index (χ1v) is 21.4. The Morgan fingerprint density at radius 2 is 1.35 bits per heavy atom. The Bertz CT molecular complexity index is 2370. The molecule has 0 bridgehead atoms. The van der Waals surface area contributed by atoms with Crippen LogP contribution in [-0.4, -0.2) is 90.5 Å². The van der Waals surface area contributed by atoms with E-state index in [9.17, 15) is 43.7 Å². The number of aromatic nitrogens is 1. The van der Waals surface area contributed by atoms with Gasteiger partial charge in [-0.1, -0.05) is 112 Å². The van der Waals surface area contributed by atoms with Gasteiger partial charge in [-0.25, -0.2) is 13.6 Å². The van der Waals surface area contributed by atoms with Gasteiger partial charge in [0.2, 0.25) is 11.8 Å². The average molecular weight is 894 g/mol. The summed E-state index contributed by atoms with van der Waals surface area (Å²) < 4.78 is 31.5. The highest BCUT2D eigenvalue weighted by Crippen LogP contribution is 2.41. The number of carbonyl (C=O) groups excluding carboxylic acids is 3. The Morgan fingerprint density at radius 1 is 0.785 bits per heavy atom. The van der Waals surface area contributed by atoms with Crippen molar-refractivity contribution < 1.29 is 48.1 Å². The number of nitrogens with two attached hydrogens (primary N) is 1. The third-order valence-electron chi connectivity index (χ3n) is 11.4.